The molecule has 1 aromatic heterocycles. The van der Waals surface area contributed by atoms with E-state index in [0.717, 1.165) is 47.8 Å². The molecule has 0 saturated heterocycles. The third-order valence-electron chi connectivity index (χ3n) is 4.41. The zero-order chi connectivity index (χ0) is 14.2. The normalized spacial score (nSPS) is 18.9. The maximum Gasteiger partial charge on any atom is 0.0983 e. The number of aryl methyl sites for hydroxylation is 1. The summed E-state index contributed by atoms with van der Waals surface area (Å²) in [5.74, 6) is 0. The number of aliphatic hydroxyl groups is 1. The first kappa shape index (κ1) is 13.1. The molecule has 1 aliphatic rings. The number of para-hydroxylation sites is 1. The number of hydrogen-bond donors (Lipinski definition) is 1. The van der Waals surface area contributed by atoms with Crippen LogP contribution in [-0.4, -0.2) is 10.1 Å². The van der Waals surface area contributed by atoms with Crippen LogP contribution in [0.1, 0.15) is 43.0 Å². The minimum absolute atomic E-state index is 0.628. The number of hydrogen-bond acceptors (Lipinski definition) is 3. The van der Waals surface area contributed by atoms with Gasteiger partial charge in [-0.25, -0.2) is 0 Å². The first-order chi connectivity index (χ1) is 9.66. The second-order valence-electron chi connectivity index (χ2n) is 5.75. The number of aliphatic hydroxyl groups excluding tert-OH is 1. The van der Waals surface area contributed by atoms with E-state index in [1.807, 2.05) is 37.3 Å². The molecule has 1 N–H and O–H groups in total. The summed E-state index contributed by atoms with van der Waals surface area (Å²) in [4.78, 5) is 4.50. The van der Waals surface area contributed by atoms with Crippen molar-refractivity contribution in [1.82, 2.24) is 4.98 Å². The first-order valence-corrected chi connectivity index (χ1v) is 7.12. The van der Waals surface area contributed by atoms with E-state index >= 15 is 0 Å². The molecule has 1 aliphatic carbocycles. The van der Waals surface area contributed by atoms with Crippen molar-refractivity contribution >= 4 is 10.9 Å². The number of benzene rings is 1. The number of pyridine rings is 1. The lowest BCUT2D eigenvalue weighted by Gasteiger charge is -2.28. The Hall–Kier alpha value is -1.92. The average molecular weight is 266 g/mol. The molecule has 3 nitrogen and oxygen atoms in total. The van der Waals surface area contributed by atoms with Crippen LogP contribution in [0.2, 0.25) is 0 Å². The zero-order valence-corrected chi connectivity index (χ0v) is 11.6. The van der Waals surface area contributed by atoms with Gasteiger partial charge < -0.3 is 5.11 Å². The highest BCUT2D eigenvalue weighted by Gasteiger charge is 2.42. The van der Waals surface area contributed by atoms with Crippen molar-refractivity contribution in [3.63, 3.8) is 0 Å². The topological polar surface area (TPSA) is 56.9 Å². The van der Waals surface area contributed by atoms with Gasteiger partial charge in [0.05, 0.1) is 23.1 Å². The van der Waals surface area contributed by atoms with Crippen LogP contribution in [0.15, 0.2) is 30.3 Å². The molecule has 0 bridgehead atoms. The van der Waals surface area contributed by atoms with Gasteiger partial charge in [-0.2, -0.15) is 5.26 Å². The Morgan fingerprint density at radius 1 is 1.30 bits per heavy atom. The molecule has 1 unspecified atom stereocenters. The quantitative estimate of drug-likeness (QED) is 0.902. The highest BCUT2D eigenvalue weighted by molar-refractivity contribution is 5.82. The van der Waals surface area contributed by atoms with Gasteiger partial charge in [-0.15, -0.1) is 0 Å². The summed E-state index contributed by atoms with van der Waals surface area (Å²) in [6, 6.07) is 12.1. The van der Waals surface area contributed by atoms with Crippen LogP contribution in [0, 0.1) is 23.7 Å². The summed E-state index contributed by atoms with van der Waals surface area (Å²) in [7, 11) is 0. The summed E-state index contributed by atoms with van der Waals surface area (Å²) in [6.07, 6.45) is 2.86. The van der Waals surface area contributed by atoms with Gasteiger partial charge in [0.2, 0.25) is 0 Å². The number of nitrogens with zero attached hydrogens (tertiary/aromatic N) is 2. The van der Waals surface area contributed by atoms with Crippen LogP contribution >= 0.6 is 0 Å². The van der Waals surface area contributed by atoms with Gasteiger partial charge >= 0.3 is 0 Å². The van der Waals surface area contributed by atoms with E-state index in [-0.39, 0.29) is 0 Å². The van der Waals surface area contributed by atoms with Crippen molar-refractivity contribution in [3.05, 3.63) is 41.6 Å². The van der Waals surface area contributed by atoms with Gasteiger partial charge in [-0.3, -0.25) is 4.98 Å². The molecule has 1 heterocycles. The fourth-order valence-corrected chi connectivity index (χ4v) is 3.32. The largest absolute Gasteiger partial charge is 0.387 e. The third kappa shape index (κ3) is 1.97. The lowest BCUT2D eigenvalue weighted by Crippen LogP contribution is -2.24. The van der Waals surface area contributed by atoms with Crippen molar-refractivity contribution < 1.29 is 5.11 Å². The molecular formula is C17H18N2O. The van der Waals surface area contributed by atoms with Gasteiger partial charge in [0, 0.05) is 11.1 Å². The van der Waals surface area contributed by atoms with Crippen molar-refractivity contribution in [2.45, 2.75) is 38.7 Å². The van der Waals surface area contributed by atoms with Gasteiger partial charge in [0.1, 0.15) is 0 Å². The monoisotopic (exact) mass is 266 g/mol. The Labute approximate surface area is 118 Å². The summed E-state index contributed by atoms with van der Waals surface area (Å²) in [5.41, 5.74) is 1.98. The molecule has 0 radical (unpaired) electrons. The van der Waals surface area contributed by atoms with Gasteiger partial charge in [0.15, 0.2) is 0 Å². The average Bonchev–Trinajstić information content (AvgIpc) is 2.95. The van der Waals surface area contributed by atoms with Gasteiger partial charge in [0.25, 0.3) is 0 Å². The fourth-order valence-electron chi connectivity index (χ4n) is 3.32. The maximum absolute atomic E-state index is 10.8. The molecule has 0 spiro atoms. The number of nitriles is 1. The second-order valence-corrected chi connectivity index (χ2v) is 5.75. The zero-order valence-electron chi connectivity index (χ0n) is 11.6. The van der Waals surface area contributed by atoms with Gasteiger partial charge in [-0.05, 0) is 37.5 Å². The van der Waals surface area contributed by atoms with E-state index in [4.69, 9.17) is 0 Å². The van der Waals surface area contributed by atoms with Crippen LogP contribution in [-0.2, 0) is 0 Å². The Balaban J connectivity index is 2.16. The molecule has 3 heteroatoms. The van der Waals surface area contributed by atoms with Crippen molar-refractivity contribution in [2.75, 3.05) is 0 Å². The molecular weight excluding hydrogens is 248 g/mol. The molecule has 1 atom stereocenters. The maximum atomic E-state index is 10.8. The van der Waals surface area contributed by atoms with Crippen molar-refractivity contribution in [3.8, 4) is 6.07 Å². The van der Waals surface area contributed by atoms with Crippen LogP contribution in [0.3, 0.4) is 0 Å². The molecule has 20 heavy (non-hydrogen) atoms. The van der Waals surface area contributed by atoms with Crippen LogP contribution in [0.5, 0.6) is 0 Å². The van der Waals surface area contributed by atoms with E-state index in [0.29, 0.717) is 0 Å². The minimum Gasteiger partial charge on any atom is -0.387 e. The Morgan fingerprint density at radius 3 is 2.70 bits per heavy atom. The summed E-state index contributed by atoms with van der Waals surface area (Å²) in [5, 5.41) is 21.4. The predicted molar refractivity (Wildman–Crippen MR) is 78.0 cm³/mol. The number of rotatable bonds is 2. The highest BCUT2D eigenvalue weighted by atomic mass is 16.3. The molecule has 0 aliphatic heterocycles. The SMILES string of the molecule is Cc1cc(C(O)C2(C#N)CCCC2)c2ccccc2n1. The van der Waals surface area contributed by atoms with Crippen molar-refractivity contribution in [2.24, 2.45) is 5.41 Å². The predicted octanol–water partition coefficient (Wildman–Crippen LogP) is 3.66. The summed E-state index contributed by atoms with van der Waals surface area (Å²) >= 11 is 0. The summed E-state index contributed by atoms with van der Waals surface area (Å²) < 4.78 is 0. The van der Waals surface area contributed by atoms with Crippen molar-refractivity contribution in [1.29, 1.82) is 5.26 Å². The van der Waals surface area contributed by atoms with Gasteiger partial charge in [-0.1, -0.05) is 31.0 Å². The standard InChI is InChI=1S/C17H18N2O/c1-12-10-14(13-6-2-3-7-15(13)19-12)16(20)17(11-18)8-4-5-9-17/h2-3,6-7,10,16,20H,4-5,8-9H2,1H3. The lowest BCUT2D eigenvalue weighted by atomic mass is 9.78. The summed E-state index contributed by atoms with van der Waals surface area (Å²) in [6.45, 7) is 1.93. The fraction of sp³-hybridized carbons (Fsp3) is 0.412. The number of fused-ring (bicyclic) bond motifs is 1. The molecule has 3 rings (SSSR count). The lowest BCUT2D eigenvalue weighted by molar-refractivity contribution is 0.0683. The van der Waals surface area contributed by atoms with E-state index in [1.165, 1.54) is 0 Å². The Kier molecular flexibility index (Phi) is 3.19. The highest BCUT2D eigenvalue weighted by Crippen LogP contribution is 2.48. The van der Waals surface area contributed by atoms with Crippen LogP contribution in [0.25, 0.3) is 10.9 Å². The molecule has 2 aromatic rings. The smallest absolute Gasteiger partial charge is 0.0983 e. The van der Waals surface area contributed by atoms with Crippen LogP contribution in [0.4, 0.5) is 0 Å². The van der Waals surface area contributed by atoms with E-state index in [2.05, 4.69) is 11.1 Å². The number of aromatic nitrogens is 1. The Morgan fingerprint density at radius 2 is 2.00 bits per heavy atom. The molecule has 1 aromatic carbocycles. The Bertz CT molecular complexity index is 681. The van der Waals surface area contributed by atoms with E-state index in [1.54, 1.807) is 0 Å². The first-order valence-electron chi connectivity index (χ1n) is 7.12. The van der Waals surface area contributed by atoms with Crippen LogP contribution < -0.4 is 0 Å². The molecule has 1 saturated carbocycles. The molecule has 1 fully saturated rings. The molecule has 0 amide bonds. The second kappa shape index (κ2) is 4.88. The third-order valence-corrected chi connectivity index (χ3v) is 4.41. The molecule has 102 valence electrons. The van der Waals surface area contributed by atoms with E-state index < -0.39 is 11.5 Å². The van der Waals surface area contributed by atoms with E-state index in [9.17, 15) is 10.4 Å². The minimum atomic E-state index is -0.735.